The van der Waals surface area contributed by atoms with Crippen LogP contribution in [0.1, 0.15) is 28.8 Å². The average Bonchev–Trinajstić information content (AvgIpc) is 3.46. The first-order valence-corrected chi connectivity index (χ1v) is 8.81. The smallest absolute Gasteiger partial charge is 0.252 e. The summed E-state index contributed by atoms with van der Waals surface area (Å²) in [6, 6.07) is 11.5. The van der Waals surface area contributed by atoms with Crippen molar-refractivity contribution in [3.63, 3.8) is 0 Å². The molecule has 2 aromatic heterocycles. The number of hydrogen-bond acceptors (Lipinski definition) is 4. The van der Waals surface area contributed by atoms with Crippen LogP contribution in [-0.4, -0.2) is 34.1 Å². The highest BCUT2D eigenvalue weighted by Gasteiger charge is 2.42. The van der Waals surface area contributed by atoms with Crippen LogP contribution in [0, 0.1) is 12.3 Å². The summed E-state index contributed by atoms with van der Waals surface area (Å²) in [4.78, 5) is 21.8. The number of fused-ring (bicyclic) bond motifs is 1. The molecule has 1 aliphatic rings. The van der Waals surface area contributed by atoms with Crippen molar-refractivity contribution in [3.8, 4) is 11.3 Å². The highest BCUT2D eigenvalue weighted by Crippen LogP contribution is 2.44. The lowest BCUT2D eigenvalue weighted by atomic mass is 10.0. The van der Waals surface area contributed by atoms with E-state index in [-0.39, 0.29) is 17.9 Å². The highest BCUT2D eigenvalue weighted by atomic mass is 16.3. The van der Waals surface area contributed by atoms with E-state index >= 15 is 0 Å². The molecule has 1 amide bonds. The standard InChI is InChI=1S/C21H21N3O2/c1-14-4-5-18-16(9-14)17(20(26)23-12-21(13-25)6-7-21)10-19(24-18)15-3-2-8-22-11-15/h2-5,8-11,25H,6-7,12-13H2,1H3,(H,23,26). The molecule has 2 heterocycles. The zero-order valence-corrected chi connectivity index (χ0v) is 14.7. The lowest BCUT2D eigenvalue weighted by Gasteiger charge is -2.15. The summed E-state index contributed by atoms with van der Waals surface area (Å²) < 4.78 is 0. The zero-order valence-electron chi connectivity index (χ0n) is 14.7. The van der Waals surface area contributed by atoms with Gasteiger partial charge in [0, 0.05) is 35.3 Å². The molecule has 132 valence electrons. The van der Waals surface area contributed by atoms with Crippen LogP contribution in [0.3, 0.4) is 0 Å². The van der Waals surface area contributed by atoms with Gasteiger partial charge in [0.15, 0.2) is 0 Å². The molecule has 1 fully saturated rings. The van der Waals surface area contributed by atoms with Crippen molar-refractivity contribution in [3.05, 3.63) is 59.9 Å². The number of nitrogens with zero attached hydrogens (tertiary/aromatic N) is 2. The van der Waals surface area contributed by atoms with Crippen LogP contribution < -0.4 is 5.32 Å². The molecule has 0 bridgehead atoms. The lowest BCUT2D eigenvalue weighted by molar-refractivity contribution is 0.0937. The number of carbonyl (C=O) groups excluding carboxylic acids is 1. The average molecular weight is 347 g/mol. The number of hydrogen-bond donors (Lipinski definition) is 2. The minimum atomic E-state index is -0.132. The van der Waals surface area contributed by atoms with Gasteiger partial charge in [0.05, 0.1) is 23.4 Å². The second-order valence-electron chi connectivity index (χ2n) is 7.16. The monoisotopic (exact) mass is 347 g/mol. The first-order valence-electron chi connectivity index (χ1n) is 8.81. The van der Waals surface area contributed by atoms with Gasteiger partial charge < -0.3 is 10.4 Å². The predicted molar refractivity (Wildman–Crippen MR) is 101 cm³/mol. The minimum absolute atomic E-state index is 0.115. The Hall–Kier alpha value is -2.79. The largest absolute Gasteiger partial charge is 0.396 e. The van der Waals surface area contributed by atoms with Crippen molar-refractivity contribution < 1.29 is 9.90 Å². The third-order valence-electron chi connectivity index (χ3n) is 5.08. The van der Waals surface area contributed by atoms with Crippen molar-refractivity contribution in [2.24, 2.45) is 5.41 Å². The van der Waals surface area contributed by atoms with E-state index < -0.39 is 0 Å². The zero-order chi connectivity index (χ0) is 18.1. The molecule has 0 radical (unpaired) electrons. The van der Waals surface area contributed by atoms with Crippen molar-refractivity contribution in [1.29, 1.82) is 0 Å². The molecule has 0 spiro atoms. The Bertz CT molecular complexity index is 966. The SMILES string of the molecule is Cc1ccc2nc(-c3cccnc3)cc(C(=O)NCC3(CO)CC3)c2c1. The van der Waals surface area contributed by atoms with Gasteiger partial charge in [-0.1, -0.05) is 11.6 Å². The Morgan fingerprint density at radius 1 is 1.27 bits per heavy atom. The van der Waals surface area contributed by atoms with Crippen molar-refractivity contribution in [1.82, 2.24) is 15.3 Å². The Labute approximate surface area is 152 Å². The second-order valence-corrected chi connectivity index (χ2v) is 7.16. The van der Waals surface area contributed by atoms with Gasteiger partial charge in [-0.3, -0.25) is 9.78 Å². The molecule has 1 aromatic carbocycles. The van der Waals surface area contributed by atoms with E-state index in [1.54, 1.807) is 12.4 Å². The van der Waals surface area contributed by atoms with Crippen LogP contribution in [0.25, 0.3) is 22.2 Å². The number of aromatic nitrogens is 2. The first kappa shape index (κ1) is 16.7. The van der Waals surface area contributed by atoms with Crippen molar-refractivity contribution in [2.75, 3.05) is 13.2 Å². The number of benzene rings is 1. The molecule has 5 heteroatoms. The number of carbonyl (C=O) groups is 1. The summed E-state index contributed by atoms with van der Waals surface area (Å²) in [5.41, 5.74) is 3.94. The van der Waals surface area contributed by atoms with Crippen LogP contribution in [0.15, 0.2) is 48.8 Å². The molecular weight excluding hydrogens is 326 g/mol. The quantitative estimate of drug-likeness (QED) is 0.744. The van der Waals surface area contributed by atoms with Crippen LogP contribution in [0.4, 0.5) is 0 Å². The third-order valence-corrected chi connectivity index (χ3v) is 5.08. The fourth-order valence-corrected chi connectivity index (χ4v) is 3.12. The molecule has 0 saturated heterocycles. The topological polar surface area (TPSA) is 75.1 Å². The van der Waals surface area contributed by atoms with E-state index in [9.17, 15) is 9.90 Å². The normalized spacial score (nSPS) is 15.0. The molecule has 0 unspecified atom stereocenters. The molecule has 1 saturated carbocycles. The number of rotatable bonds is 5. The summed E-state index contributed by atoms with van der Waals surface area (Å²) >= 11 is 0. The van der Waals surface area contributed by atoms with Crippen LogP contribution >= 0.6 is 0 Å². The van der Waals surface area contributed by atoms with Crippen molar-refractivity contribution >= 4 is 16.8 Å². The summed E-state index contributed by atoms with van der Waals surface area (Å²) in [5.74, 6) is -0.132. The third kappa shape index (κ3) is 3.18. The number of aliphatic hydroxyl groups excluding tert-OH is 1. The van der Waals surface area contributed by atoms with Gasteiger partial charge in [0.1, 0.15) is 0 Å². The maximum atomic E-state index is 12.9. The molecule has 3 aromatic rings. The molecule has 4 rings (SSSR count). The van der Waals surface area contributed by atoms with Gasteiger partial charge >= 0.3 is 0 Å². The summed E-state index contributed by atoms with van der Waals surface area (Å²) in [6.45, 7) is 2.62. The fourth-order valence-electron chi connectivity index (χ4n) is 3.12. The van der Waals surface area contributed by atoms with Crippen LogP contribution in [0.2, 0.25) is 0 Å². The molecule has 1 aliphatic carbocycles. The van der Waals surface area contributed by atoms with Crippen molar-refractivity contribution in [2.45, 2.75) is 19.8 Å². The molecule has 0 atom stereocenters. The molecule has 5 nitrogen and oxygen atoms in total. The number of amides is 1. The molecule has 0 aliphatic heterocycles. The van der Waals surface area contributed by atoms with E-state index in [0.717, 1.165) is 40.6 Å². The first-order chi connectivity index (χ1) is 12.6. The van der Waals surface area contributed by atoms with Gasteiger partial charge in [-0.05, 0) is 50.1 Å². The Morgan fingerprint density at radius 2 is 2.12 bits per heavy atom. The number of aliphatic hydroxyl groups is 1. The predicted octanol–water partition coefficient (Wildman–Crippen LogP) is 3.11. The number of nitrogens with one attached hydrogen (secondary N) is 1. The van der Waals surface area contributed by atoms with E-state index in [0.29, 0.717) is 12.1 Å². The van der Waals surface area contributed by atoms with Gasteiger partial charge in [0.2, 0.25) is 0 Å². The van der Waals surface area contributed by atoms with E-state index in [1.165, 1.54) is 0 Å². The van der Waals surface area contributed by atoms with E-state index in [4.69, 9.17) is 4.98 Å². The summed E-state index contributed by atoms with van der Waals surface area (Å²) in [6.07, 6.45) is 5.38. The number of aryl methyl sites for hydroxylation is 1. The maximum absolute atomic E-state index is 12.9. The fraction of sp³-hybridized carbons (Fsp3) is 0.286. The minimum Gasteiger partial charge on any atom is -0.396 e. The van der Waals surface area contributed by atoms with Gasteiger partial charge in [-0.25, -0.2) is 4.98 Å². The van der Waals surface area contributed by atoms with E-state index in [1.807, 2.05) is 43.3 Å². The molecule has 2 N–H and O–H groups in total. The number of pyridine rings is 2. The summed E-state index contributed by atoms with van der Waals surface area (Å²) in [7, 11) is 0. The summed E-state index contributed by atoms with van der Waals surface area (Å²) in [5, 5.41) is 13.3. The van der Waals surface area contributed by atoms with Gasteiger partial charge in [-0.2, -0.15) is 0 Å². The lowest BCUT2D eigenvalue weighted by Crippen LogP contribution is -2.32. The maximum Gasteiger partial charge on any atom is 0.252 e. The Balaban J connectivity index is 1.75. The second kappa shape index (κ2) is 6.50. The Morgan fingerprint density at radius 3 is 2.81 bits per heavy atom. The Kier molecular flexibility index (Phi) is 4.17. The van der Waals surface area contributed by atoms with Crippen LogP contribution in [0.5, 0.6) is 0 Å². The highest BCUT2D eigenvalue weighted by molar-refractivity contribution is 6.07. The molecule has 26 heavy (non-hydrogen) atoms. The van der Waals surface area contributed by atoms with Gasteiger partial charge in [-0.15, -0.1) is 0 Å². The molecular formula is C21H21N3O2. The van der Waals surface area contributed by atoms with E-state index in [2.05, 4.69) is 10.3 Å². The van der Waals surface area contributed by atoms with Crippen LogP contribution in [-0.2, 0) is 0 Å². The van der Waals surface area contributed by atoms with Gasteiger partial charge in [0.25, 0.3) is 5.91 Å².